The molecule has 3 aromatic carbocycles. The van der Waals surface area contributed by atoms with E-state index >= 15 is 0 Å². The van der Waals surface area contributed by atoms with E-state index in [1.807, 2.05) is 0 Å². The zero-order valence-corrected chi connectivity index (χ0v) is 34.1. The van der Waals surface area contributed by atoms with Gasteiger partial charge in [-0.05, 0) is 125 Å². The van der Waals surface area contributed by atoms with E-state index in [1.165, 1.54) is 35.9 Å². The molecule has 2 spiro atoms. The van der Waals surface area contributed by atoms with Gasteiger partial charge in [0.05, 0.1) is 12.2 Å². The molecule has 10 rings (SSSR count). The summed E-state index contributed by atoms with van der Waals surface area (Å²) in [7, 11) is -0.0669. The number of rotatable bonds is 13. The third kappa shape index (κ3) is 4.95. The van der Waals surface area contributed by atoms with Crippen molar-refractivity contribution in [1.82, 2.24) is 5.43 Å². The summed E-state index contributed by atoms with van der Waals surface area (Å²) in [6, 6.07) is 33.1. The Bertz CT molecular complexity index is 1590. The van der Waals surface area contributed by atoms with Gasteiger partial charge < -0.3 is 17.2 Å². The maximum absolute atomic E-state index is 5.73. The topological polar surface area (TPSA) is 29.4 Å². The van der Waals surface area contributed by atoms with Crippen LogP contribution in [0.4, 0.5) is 5.69 Å². The van der Waals surface area contributed by atoms with Crippen LogP contribution in [-0.2, 0) is 6.54 Å². The molecule has 0 radical (unpaired) electrons. The minimum absolute atomic E-state index is 0. The Morgan fingerprint density at radius 3 is 1.96 bits per heavy atom. The van der Waals surface area contributed by atoms with Crippen LogP contribution >= 0.6 is 7.92 Å². The maximum Gasteiger partial charge on any atom is 1.00 e. The Hall–Kier alpha value is -1.19. The van der Waals surface area contributed by atoms with E-state index in [2.05, 4.69) is 129 Å². The molecule has 0 saturated heterocycles. The second-order valence-electron chi connectivity index (χ2n) is 17.6. The van der Waals surface area contributed by atoms with Crippen molar-refractivity contribution < 1.29 is 29.6 Å². The number of hydrogen-bond acceptors (Lipinski definition) is 2. The van der Waals surface area contributed by atoms with Crippen LogP contribution in [0.25, 0.3) is 5.32 Å². The van der Waals surface area contributed by atoms with Crippen LogP contribution in [0.1, 0.15) is 95.7 Å². The molecule has 0 aromatic heterocycles. The Balaban J connectivity index is 0.000000688. The number of anilines is 1. The normalized spacial score (nSPS) is 38.2. The number of para-hydroxylation sites is 1. The van der Waals surface area contributed by atoms with Crippen molar-refractivity contribution in [3.05, 3.63) is 114 Å². The van der Waals surface area contributed by atoms with Crippen molar-refractivity contribution >= 4 is 13.6 Å². The monoisotopic (exact) mass is 694 g/mol. The molecule has 3 aromatic rings. The van der Waals surface area contributed by atoms with Crippen molar-refractivity contribution in [2.45, 2.75) is 101 Å². The molecule has 8 atom stereocenters. The smallest absolute Gasteiger partial charge is 0.657 e. The minimum atomic E-state index is -0.0669. The standard InChI is InChI=1S/C41H49N3P.C4H9.Na/c1-2-31-22-38(23-32-18-19-40(31,32)38)45(39-24-34-20-33-21-35(25-39)41(33,34)39)28-42-26-37(30-14-8-4-9-15-30)43-44(36-16-10-5-11-17-36)27-29-12-6-3-7-13-29;1-4(2)3;/h3-17,31-35,37,43H,2,18-28H2,1H3;4H,1H2,2-3H3;/q2*-1;+1. The third-order valence-corrected chi connectivity index (χ3v) is 19.5. The van der Waals surface area contributed by atoms with Crippen LogP contribution in [0, 0.1) is 53.3 Å². The fourth-order valence-electron chi connectivity index (χ4n) is 13.6. The van der Waals surface area contributed by atoms with E-state index in [-0.39, 0.29) is 43.5 Å². The molecule has 1 N–H and O–H groups in total. The predicted octanol–water partition coefficient (Wildman–Crippen LogP) is 8.39. The summed E-state index contributed by atoms with van der Waals surface area (Å²) in [6.45, 7) is 11.9. The fourth-order valence-corrected chi connectivity index (χ4v) is 19.1. The Morgan fingerprint density at radius 2 is 1.42 bits per heavy atom. The fraction of sp³-hybridized carbons (Fsp3) is 0.578. The van der Waals surface area contributed by atoms with Crippen LogP contribution in [0.5, 0.6) is 0 Å². The van der Waals surface area contributed by atoms with Crippen molar-refractivity contribution in [3.63, 3.8) is 0 Å². The first-order chi connectivity index (χ1) is 23.9. The van der Waals surface area contributed by atoms with Gasteiger partial charge in [-0.3, -0.25) is 0 Å². The van der Waals surface area contributed by atoms with Gasteiger partial charge in [-0.15, -0.1) is 20.8 Å². The first kappa shape index (κ1) is 35.8. The molecule has 50 heavy (non-hydrogen) atoms. The average molecular weight is 695 g/mol. The summed E-state index contributed by atoms with van der Waals surface area (Å²) < 4.78 is 0. The molecular formula is C45H58N3NaP-. The Kier molecular flexibility index (Phi) is 9.73. The van der Waals surface area contributed by atoms with E-state index < -0.39 is 0 Å². The van der Waals surface area contributed by atoms with Crippen molar-refractivity contribution in [2.75, 3.05) is 17.8 Å². The van der Waals surface area contributed by atoms with E-state index in [9.17, 15) is 0 Å². The molecule has 0 amide bonds. The van der Waals surface area contributed by atoms with Gasteiger partial charge in [0.15, 0.2) is 0 Å². The summed E-state index contributed by atoms with van der Waals surface area (Å²) in [5.74, 6) is 5.97. The summed E-state index contributed by atoms with van der Waals surface area (Å²) in [6.07, 6.45) is 15.1. The predicted molar refractivity (Wildman–Crippen MR) is 207 cm³/mol. The van der Waals surface area contributed by atoms with E-state index in [4.69, 9.17) is 5.32 Å². The van der Waals surface area contributed by atoms with Crippen LogP contribution in [-0.4, -0.2) is 23.1 Å². The van der Waals surface area contributed by atoms with Gasteiger partial charge in [-0.25, -0.2) is 5.43 Å². The molecule has 0 heterocycles. The maximum atomic E-state index is 5.73. The molecule has 7 fully saturated rings. The summed E-state index contributed by atoms with van der Waals surface area (Å²) >= 11 is 0. The van der Waals surface area contributed by atoms with Gasteiger partial charge in [0.25, 0.3) is 0 Å². The van der Waals surface area contributed by atoms with Gasteiger partial charge >= 0.3 is 29.6 Å². The molecule has 7 aliphatic carbocycles. The van der Waals surface area contributed by atoms with Gasteiger partial charge in [0.2, 0.25) is 0 Å². The van der Waals surface area contributed by atoms with Crippen molar-refractivity contribution in [2.24, 2.45) is 46.3 Å². The third-order valence-electron chi connectivity index (χ3n) is 15.4. The Labute approximate surface area is 326 Å². The zero-order chi connectivity index (χ0) is 33.4. The SMILES string of the molecule is CCC1CC2(P(C[N-]CC(NN(Cc3ccccc3)c3ccccc3)c3ccccc3)C34CC5CC6CC(C3)C654)CC3CCC132.[CH2-]C(C)C.[Na+]. The van der Waals surface area contributed by atoms with Gasteiger partial charge in [-0.1, -0.05) is 106 Å². The minimum Gasteiger partial charge on any atom is -0.657 e. The summed E-state index contributed by atoms with van der Waals surface area (Å²) in [5.41, 5.74) is 9.43. The zero-order valence-electron chi connectivity index (χ0n) is 31.2. The molecule has 5 heteroatoms. The largest absolute Gasteiger partial charge is 1.00 e. The van der Waals surface area contributed by atoms with Gasteiger partial charge in [-0.2, -0.15) is 5.92 Å². The number of nitrogens with zero attached hydrogens (tertiary/aromatic N) is 2. The number of hydrogen-bond donors (Lipinski definition) is 1. The molecule has 7 aliphatic rings. The first-order valence-corrected chi connectivity index (χ1v) is 21.3. The Morgan fingerprint density at radius 1 is 0.820 bits per heavy atom. The van der Waals surface area contributed by atoms with Crippen molar-refractivity contribution in [3.8, 4) is 0 Å². The molecule has 0 bridgehead atoms. The second-order valence-corrected chi connectivity index (χ2v) is 20.5. The summed E-state index contributed by atoms with van der Waals surface area (Å²) in [5, 5.41) is 9.49. The molecule has 8 unspecified atom stereocenters. The average Bonchev–Trinajstić information content (AvgIpc) is 3.06. The number of hydrazine groups is 1. The van der Waals surface area contributed by atoms with E-state index in [0.717, 1.165) is 53.5 Å². The molecular weight excluding hydrogens is 636 g/mol. The van der Waals surface area contributed by atoms with Crippen LogP contribution in [0.15, 0.2) is 91.0 Å². The van der Waals surface area contributed by atoms with E-state index in [1.54, 1.807) is 44.9 Å². The van der Waals surface area contributed by atoms with Gasteiger partial charge in [0.1, 0.15) is 0 Å². The summed E-state index contributed by atoms with van der Waals surface area (Å²) in [4.78, 5) is 0. The van der Waals surface area contributed by atoms with Crippen LogP contribution in [0.2, 0.25) is 0 Å². The van der Waals surface area contributed by atoms with Crippen LogP contribution in [0.3, 0.4) is 0 Å². The first-order valence-electron chi connectivity index (χ1n) is 19.8. The molecule has 0 aliphatic heterocycles. The molecule has 260 valence electrons. The number of benzene rings is 3. The quantitative estimate of drug-likeness (QED) is 0.0844. The molecule has 7 saturated carbocycles. The van der Waals surface area contributed by atoms with Crippen molar-refractivity contribution in [1.29, 1.82) is 0 Å². The van der Waals surface area contributed by atoms with Crippen LogP contribution < -0.4 is 40.0 Å². The second kappa shape index (κ2) is 13.6. The molecule has 3 nitrogen and oxygen atoms in total. The van der Waals surface area contributed by atoms with E-state index in [0.29, 0.717) is 16.2 Å². The number of nitrogens with one attached hydrogen (secondary N) is 1. The van der Waals surface area contributed by atoms with Gasteiger partial charge in [0, 0.05) is 6.04 Å².